The highest BCUT2D eigenvalue weighted by Crippen LogP contribution is 2.32. The van der Waals surface area contributed by atoms with Crippen LogP contribution in [0.15, 0.2) is 30.6 Å². The fourth-order valence-electron chi connectivity index (χ4n) is 5.27. The van der Waals surface area contributed by atoms with E-state index in [1.54, 1.807) is 14.2 Å². The van der Waals surface area contributed by atoms with Gasteiger partial charge in [0, 0.05) is 37.6 Å². The molecule has 0 saturated carbocycles. The zero-order valence-electron chi connectivity index (χ0n) is 20.0. The zero-order valence-corrected chi connectivity index (χ0v) is 20.0. The van der Waals surface area contributed by atoms with Crippen molar-refractivity contribution in [3.8, 4) is 11.5 Å². The molecule has 0 radical (unpaired) electrons. The molecule has 0 spiro atoms. The van der Waals surface area contributed by atoms with E-state index in [0.29, 0.717) is 24.6 Å². The Kier molecular flexibility index (Phi) is 6.56. The minimum atomic E-state index is -0.0417. The van der Waals surface area contributed by atoms with E-state index < -0.39 is 0 Å². The summed E-state index contributed by atoms with van der Waals surface area (Å²) in [6, 6.07) is 5.87. The van der Waals surface area contributed by atoms with Crippen LogP contribution in [0.2, 0.25) is 0 Å². The molecule has 3 aromatic rings. The normalized spacial score (nSPS) is 17.9. The largest absolute Gasteiger partial charge is 0.493 e. The van der Waals surface area contributed by atoms with Crippen molar-refractivity contribution in [3.05, 3.63) is 47.4 Å². The minimum absolute atomic E-state index is 0.0417. The van der Waals surface area contributed by atoms with Gasteiger partial charge in [0.2, 0.25) is 5.91 Å². The lowest BCUT2D eigenvalue weighted by atomic mass is 9.95. The van der Waals surface area contributed by atoms with Gasteiger partial charge in [0.1, 0.15) is 5.52 Å². The van der Waals surface area contributed by atoms with Crippen molar-refractivity contribution in [2.45, 2.75) is 44.9 Å². The highest BCUT2D eigenvalue weighted by Gasteiger charge is 2.29. The second kappa shape index (κ2) is 9.91. The van der Waals surface area contributed by atoms with Crippen LogP contribution in [0.1, 0.15) is 42.5 Å². The molecule has 1 unspecified atom stereocenters. The van der Waals surface area contributed by atoms with Gasteiger partial charge in [0.15, 0.2) is 17.3 Å². The van der Waals surface area contributed by atoms with Crippen molar-refractivity contribution in [3.63, 3.8) is 0 Å². The first kappa shape index (κ1) is 22.5. The van der Waals surface area contributed by atoms with Crippen LogP contribution in [0.4, 0.5) is 5.82 Å². The summed E-state index contributed by atoms with van der Waals surface area (Å²) in [6.07, 6.45) is 10.9. The van der Waals surface area contributed by atoms with Gasteiger partial charge < -0.3 is 19.7 Å². The molecule has 1 aliphatic heterocycles. The van der Waals surface area contributed by atoms with Crippen LogP contribution in [0.25, 0.3) is 5.52 Å². The molecule has 1 aromatic carbocycles. The Balaban J connectivity index is 1.24. The first-order chi connectivity index (χ1) is 16.7. The van der Waals surface area contributed by atoms with E-state index in [0.717, 1.165) is 55.5 Å². The number of hydrogen-bond acceptors (Lipinski definition) is 6. The smallest absolute Gasteiger partial charge is 0.224 e. The quantitative estimate of drug-likeness (QED) is 0.580. The summed E-state index contributed by atoms with van der Waals surface area (Å²) in [5, 5.41) is 7.95. The van der Waals surface area contributed by atoms with E-state index in [2.05, 4.69) is 10.2 Å². The van der Waals surface area contributed by atoms with Crippen molar-refractivity contribution in [2.24, 2.45) is 5.92 Å². The standard InChI is InChI=1S/C26H33N5O3/c1-33-22-10-9-18(16-23(22)34-2)11-12-28-26(32)19-6-5-14-30(17-19)25-24-20-7-3-4-8-21(20)29-31(24)15-13-27-25/h9-10,13,15-16,19H,3-8,11-12,14,17H2,1-2H3,(H,28,32). The van der Waals surface area contributed by atoms with Crippen molar-refractivity contribution < 1.29 is 14.3 Å². The summed E-state index contributed by atoms with van der Waals surface area (Å²) in [6.45, 7) is 2.20. The molecule has 1 atom stereocenters. The predicted molar refractivity (Wildman–Crippen MR) is 131 cm³/mol. The summed E-state index contributed by atoms with van der Waals surface area (Å²) < 4.78 is 12.7. The molecule has 180 valence electrons. The van der Waals surface area contributed by atoms with Gasteiger partial charge in [-0.2, -0.15) is 5.10 Å². The number of piperidine rings is 1. The summed E-state index contributed by atoms with van der Waals surface area (Å²) in [5.41, 5.74) is 4.79. The number of benzene rings is 1. The maximum atomic E-state index is 13.0. The Labute approximate surface area is 200 Å². The minimum Gasteiger partial charge on any atom is -0.493 e. The maximum absolute atomic E-state index is 13.0. The van der Waals surface area contributed by atoms with Gasteiger partial charge in [-0.25, -0.2) is 9.50 Å². The Morgan fingerprint density at radius 2 is 2.00 bits per heavy atom. The molecule has 1 N–H and O–H groups in total. The van der Waals surface area contributed by atoms with E-state index in [1.807, 2.05) is 35.1 Å². The molecule has 1 fully saturated rings. The topological polar surface area (TPSA) is 81.0 Å². The number of carbonyl (C=O) groups is 1. The molecule has 5 rings (SSSR count). The Bertz CT molecular complexity index is 1170. The number of fused-ring (bicyclic) bond motifs is 3. The molecule has 2 aliphatic rings. The van der Waals surface area contributed by atoms with Gasteiger partial charge in [-0.15, -0.1) is 0 Å². The van der Waals surface area contributed by atoms with Crippen LogP contribution in [-0.2, 0) is 24.1 Å². The Morgan fingerprint density at radius 1 is 1.15 bits per heavy atom. The van der Waals surface area contributed by atoms with Gasteiger partial charge in [-0.05, 0) is 62.6 Å². The SMILES string of the molecule is COc1ccc(CCNC(=O)C2CCCN(c3nccn4nc5c(c34)CCCC5)C2)cc1OC. The van der Waals surface area contributed by atoms with Crippen molar-refractivity contribution in [2.75, 3.05) is 38.8 Å². The predicted octanol–water partition coefficient (Wildman–Crippen LogP) is 3.20. The fourth-order valence-corrected chi connectivity index (χ4v) is 5.27. The molecule has 1 amide bonds. The van der Waals surface area contributed by atoms with Crippen LogP contribution in [0.3, 0.4) is 0 Å². The van der Waals surface area contributed by atoms with E-state index in [4.69, 9.17) is 19.6 Å². The number of aromatic nitrogens is 3. The molecule has 8 heteroatoms. The number of hydrogen-bond donors (Lipinski definition) is 1. The second-order valence-electron chi connectivity index (χ2n) is 9.19. The number of amides is 1. The first-order valence-electron chi connectivity index (χ1n) is 12.3. The van der Waals surface area contributed by atoms with Gasteiger partial charge in [0.25, 0.3) is 0 Å². The molecule has 8 nitrogen and oxygen atoms in total. The van der Waals surface area contributed by atoms with Gasteiger partial charge in [-0.1, -0.05) is 6.07 Å². The van der Waals surface area contributed by atoms with Crippen LogP contribution >= 0.6 is 0 Å². The van der Waals surface area contributed by atoms with Crippen LogP contribution < -0.4 is 19.7 Å². The highest BCUT2D eigenvalue weighted by atomic mass is 16.5. The van der Waals surface area contributed by atoms with Crippen LogP contribution in [0, 0.1) is 5.92 Å². The van der Waals surface area contributed by atoms with E-state index >= 15 is 0 Å². The fraction of sp³-hybridized carbons (Fsp3) is 0.500. The molecule has 1 aliphatic carbocycles. The summed E-state index contributed by atoms with van der Waals surface area (Å²) >= 11 is 0. The van der Waals surface area contributed by atoms with Crippen molar-refractivity contribution in [1.82, 2.24) is 19.9 Å². The third-order valence-electron chi connectivity index (χ3n) is 7.05. The number of ether oxygens (including phenoxy) is 2. The third-order valence-corrected chi connectivity index (χ3v) is 7.05. The Morgan fingerprint density at radius 3 is 2.85 bits per heavy atom. The van der Waals surface area contributed by atoms with Crippen LogP contribution in [0.5, 0.6) is 11.5 Å². The summed E-state index contributed by atoms with van der Waals surface area (Å²) in [7, 11) is 3.26. The number of nitrogens with one attached hydrogen (secondary N) is 1. The number of methoxy groups -OCH3 is 2. The van der Waals surface area contributed by atoms with Crippen LogP contribution in [-0.4, -0.2) is 54.4 Å². The van der Waals surface area contributed by atoms with Crippen molar-refractivity contribution in [1.29, 1.82) is 0 Å². The Hall–Kier alpha value is -3.29. The lowest BCUT2D eigenvalue weighted by Gasteiger charge is -2.33. The van der Waals surface area contributed by atoms with Gasteiger partial charge >= 0.3 is 0 Å². The molecular weight excluding hydrogens is 430 g/mol. The summed E-state index contributed by atoms with van der Waals surface area (Å²) in [4.78, 5) is 20.0. The molecule has 1 saturated heterocycles. The van der Waals surface area contributed by atoms with Gasteiger partial charge in [-0.3, -0.25) is 4.79 Å². The van der Waals surface area contributed by atoms with E-state index in [1.165, 1.54) is 24.1 Å². The third kappa shape index (κ3) is 4.41. The average molecular weight is 464 g/mol. The number of nitrogens with zero attached hydrogens (tertiary/aromatic N) is 4. The number of carbonyl (C=O) groups excluding carboxylic acids is 1. The maximum Gasteiger partial charge on any atom is 0.224 e. The van der Waals surface area contributed by atoms with Gasteiger partial charge in [0.05, 0.1) is 25.8 Å². The lowest BCUT2D eigenvalue weighted by molar-refractivity contribution is -0.125. The lowest BCUT2D eigenvalue weighted by Crippen LogP contribution is -2.44. The number of aryl methyl sites for hydroxylation is 2. The molecule has 2 aromatic heterocycles. The number of anilines is 1. The van der Waals surface area contributed by atoms with Crippen molar-refractivity contribution >= 4 is 17.2 Å². The monoisotopic (exact) mass is 463 g/mol. The van der Waals surface area contributed by atoms with E-state index in [-0.39, 0.29) is 11.8 Å². The molecular formula is C26H33N5O3. The summed E-state index contributed by atoms with van der Waals surface area (Å²) in [5.74, 6) is 2.47. The molecule has 3 heterocycles. The van der Waals surface area contributed by atoms with E-state index in [9.17, 15) is 4.79 Å². The molecule has 0 bridgehead atoms. The second-order valence-corrected chi connectivity index (χ2v) is 9.19. The number of rotatable bonds is 7. The molecule has 34 heavy (non-hydrogen) atoms. The first-order valence-corrected chi connectivity index (χ1v) is 12.3. The highest BCUT2D eigenvalue weighted by molar-refractivity contribution is 5.81. The average Bonchev–Trinajstić information content (AvgIpc) is 3.27. The zero-order chi connectivity index (χ0) is 23.5.